The summed E-state index contributed by atoms with van der Waals surface area (Å²) in [5.41, 5.74) is 2.06. The Balaban J connectivity index is 1.58. The Morgan fingerprint density at radius 2 is 1.91 bits per heavy atom. The van der Waals surface area contributed by atoms with E-state index in [1.807, 2.05) is 0 Å². The molecule has 162 valence electrons. The van der Waals surface area contributed by atoms with Crippen molar-refractivity contribution in [1.82, 2.24) is 10.2 Å². The lowest BCUT2D eigenvalue weighted by atomic mass is 10.0. The van der Waals surface area contributed by atoms with Crippen molar-refractivity contribution >= 4 is 24.0 Å². The van der Waals surface area contributed by atoms with Gasteiger partial charge in [0.1, 0.15) is 23.0 Å². The zero-order chi connectivity index (χ0) is 22.8. The summed E-state index contributed by atoms with van der Waals surface area (Å²) >= 11 is 0. The molecule has 4 rings (SSSR count). The van der Waals surface area contributed by atoms with Crippen LogP contribution >= 0.6 is 0 Å². The molecule has 2 aromatic carbocycles. The van der Waals surface area contributed by atoms with Crippen molar-refractivity contribution in [1.29, 1.82) is 0 Å². The van der Waals surface area contributed by atoms with E-state index in [1.54, 1.807) is 43.3 Å². The van der Waals surface area contributed by atoms with Gasteiger partial charge in [-0.1, -0.05) is 30.3 Å². The van der Waals surface area contributed by atoms with Crippen LogP contribution in [0.3, 0.4) is 0 Å². The summed E-state index contributed by atoms with van der Waals surface area (Å²) in [6, 6.07) is 13.8. The largest absolute Gasteiger partial charge is 0.465 e. The quantitative estimate of drug-likeness (QED) is 0.368. The average molecular weight is 434 g/mol. The summed E-state index contributed by atoms with van der Waals surface area (Å²) in [6.45, 7) is 1.60. The number of furan rings is 1. The first-order chi connectivity index (χ1) is 15.4. The molecule has 1 N–H and O–H groups in total. The van der Waals surface area contributed by atoms with E-state index in [0.717, 1.165) is 4.90 Å². The molecule has 1 saturated heterocycles. The third kappa shape index (κ3) is 3.90. The lowest BCUT2D eigenvalue weighted by molar-refractivity contribution is -0.123. The Hall–Kier alpha value is -4.20. The Kier molecular flexibility index (Phi) is 5.59. The van der Waals surface area contributed by atoms with Crippen LogP contribution < -0.4 is 5.32 Å². The van der Waals surface area contributed by atoms with Gasteiger partial charge in [-0.05, 0) is 36.8 Å². The number of nitrogens with one attached hydrogen (secondary N) is 1. The van der Waals surface area contributed by atoms with Crippen molar-refractivity contribution in [3.8, 4) is 11.3 Å². The minimum absolute atomic E-state index is 0.0206. The number of amides is 3. The molecule has 0 atom stereocenters. The minimum atomic E-state index is -0.641. The van der Waals surface area contributed by atoms with Crippen molar-refractivity contribution < 1.29 is 27.9 Å². The molecule has 0 saturated carbocycles. The van der Waals surface area contributed by atoms with E-state index in [4.69, 9.17) is 9.15 Å². The fourth-order valence-electron chi connectivity index (χ4n) is 3.46. The molecule has 3 amide bonds. The molecule has 3 aromatic rings. The van der Waals surface area contributed by atoms with Gasteiger partial charge in [-0.25, -0.2) is 14.0 Å². The standard InChI is InChI=1S/C24H19FN2O5/c1-14-17(7-5-8-18(14)23(29)31-2)21-11-10-16(32-21)12-20-22(28)27(24(30)26-20)13-15-6-3-4-9-19(15)25/h3-12H,13H2,1-2H3,(H,26,30). The van der Waals surface area contributed by atoms with E-state index in [1.165, 1.54) is 31.4 Å². The van der Waals surface area contributed by atoms with Crippen LogP contribution in [0.15, 0.2) is 64.7 Å². The van der Waals surface area contributed by atoms with Crippen molar-refractivity contribution in [2.24, 2.45) is 0 Å². The Bertz CT molecular complexity index is 1260. The Morgan fingerprint density at radius 3 is 2.66 bits per heavy atom. The predicted octanol–water partition coefficient (Wildman–Crippen LogP) is 4.27. The summed E-state index contributed by atoms with van der Waals surface area (Å²) < 4.78 is 24.5. The molecule has 7 nitrogen and oxygen atoms in total. The van der Waals surface area contributed by atoms with Gasteiger partial charge >= 0.3 is 12.0 Å². The molecular formula is C24H19FN2O5. The molecule has 0 unspecified atom stereocenters. The number of rotatable bonds is 5. The molecule has 1 fully saturated rings. The van der Waals surface area contributed by atoms with Gasteiger partial charge in [-0.15, -0.1) is 0 Å². The molecule has 1 aliphatic heterocycles. The van der Waals surface area contributed by atoms with Crippen LogP contribution in [-0.4, -0.2) is 29.9 Å². The fourth-order valence-corrected chi connectivity index (χ4v) is 3.46. The zero-order valence-corrected chi connectivity index (χ0v) is 17.3. The van der Waals surface area contributed by atoms with E-state index in [0.29, 0.717) is 28.2 Å². The number of imide groups is 1. The first-order valence-electron chi connectivity index (χ1n) is 9.75. The number of urea groups is 1. The monoisotopic (exact) mass is 434 g/mol. The van der Waals surface area contributed by atoms with Crippen molar-refractivity contribution in [2.45, 2.75) is 13.5 Å². The highest BCUT2D eigenvalue weighted by Crippen LogP contribution is 2.29. The lowest BCUT2D eigenvalue weighted by Crippen LogP contribution is -2.30. The molecule has 8 heteroatoms. The average Bonchev–Trinajstić information content (AvgIpc) is 3.35. The second-order valence-electron chi connectivity index (χ2n) is 7.14. The van der Waals surface area contributed by atoms with Gasteiger partial charge in [-0.2, -0.15) is 0 Å². The van der Waals surface area contributed by atoms with Crippen LogP contribution in [0.1, 0.15) is 27.2 Å². The molecule has 0 radical (unpaired) electrons. The molecule has 1 aromatic heterocycles. The van der Waals surface area contributed by atoms with Crippen LogP contribution in [0.25, 0.3) is 17.4 Å². The molecule has 2 heterocycles. The highest BCUT2D eigenvalue weighted by Gasteiger charge is 2.34. The molecular weight excluding hydrogens is 415 g/mol. The number of hydrogen-bond donors (Lipinski definition) is 1. The van der Waals surface area contributed by atoms with Gasteiger partial charge in [0, 0.05) is 17.2 Å². The van der Waals surface area contributed by atoms with Crippen molar-refractivity contribution in [3.05, 3.63) is 88.6 Å². The second kappa shape index (κ2) is 8.50. The van der Waals surface area contributed by atoms with E-state index < -0.39 is 23.7 Å². The van der Waals surface area contributed by atoms with E-state index in [-0.39, 0.29) is 17.8 Å². The maximum atomic E-state index is 13.9. The number of benzene rings is 2. The zero-order valence-electron chi connectivity index (χ0n) is 17.3. The summed E-state index contributed by atoms with van der Waals surface area (Å²) in [5.74, 6) is -0.711. The van der Waals surface area contributed by atoms with Gasteiger partial charge in [0.25, 0.3) is 5.91 Å². The van der Waals surface area contributed by atoms with Gasteiger partial charge in [0.2, 0.25) is 0 Å². The number of methoxy groups -OCH3 is 1. The predicted molar refractivity (Wildman–Crippen MR) is 114 cm³/mol. The first kappa shape index (κ1) is 21.0. The number of nitrogens with zero attached hydrogens (tertiary/aromatic N) is 1. The van der Waals surface area contributed by atoms with E-state index >= 15 is 0 Å². The van der Waals surface area contributed by atoms with E-state index in [9.17, 15) is 18.8 Å². The molecule has 0 aliphatic carbocycles. The Morgan fingerprint density at radius 1 is 1.12 bits per heavy atom. The summed E-state index contributed by atoms with van der Waals surface area (Å²) in [4.78, 5) is 37.8. The third-order valence-corrected chi connectivity index (χ3v) is 5.17. The number of carbonyl (C=O) groups excluding carboxylic acids is 3. The highest BCUT2D eigenvalue weighted by atomic mass is 19.1. The molecule has 1 aliphatic rings. The number of hydrogen-bond acceptors (Lipinski definition) is 5. The molecule has 0 spiro atoms. The molecule has 0 bridgehead atoms. The highest BCUT2D eigenvalue weighted by molar-refractivity contribution is 6.13. The van der Waals surface area contributed by atoms with Crippen LogP contribution in [0.4, 0.5) is 9.18 Å². The number of carbonyl (C=O) groups is 3. The number of ether oxygens (including phenoxy) is 1. The smallest absolute Gasteiger partial charge is 0.338 e. The first-order valence-corrected chi connectivity index (χ1v) is 9.75. The molecule has 32 heavy (non-hydrogen) atoms. The summed E-state index contributed by atoms with van der Waals surface area (Å²) in [7, 11) is 1.31. The van der Waals surface area contributed by atoms with Crippen LogP contribution in [0.2, 0.25) is 0 Å². The van der Waals surface area contributed by atoms with Gasteiger partial charge in [0.05, 0.1) is 19.2 Å². The SMILES string of the molecule is COC(=O)c1cccc(-c2ccc(C=C3NC(=O)N(Cc4ccccc4F)C3=O)o2)c1C. The van der Waals surface area contributed by atoms with Crippen molar-refractivity contribution in [2.75, 3.05) is 7.11 Å². The van der Waals surface area contributed by atoms with Crippen molar-refractivity contribution in [3.63, 3.8) is 0 Å². The maximum Gasteiger partial charge on any atom is 0.338 e. The maximum absolute atomic E-state index is 13.9. The number of esters is 1. The topological polar surface area (TPSA) is 88.9 Å². The van der Waals surface area contributed by atoms with Crippen LogP contribution in [0, 0.1) is 12.7 Å². The van der Waals surface area contributed by atoms with Crippen LogP contribution in [-0.2, 0) is 16.1 Å². The third-order valence-electron chi connectivity index (χ3n) is 5.17. The fraction of sp³-hybridized carbons (Fsp3) is 0.125. The normalized spacial score (nSPS) is 14.7. The van der Waals surface area contributed by atoms with E-state index in [2.05, 4.69) is 5.32 Å². The van der Waals surface area contributed by atoms with Crippen LogP contribution in [0.5, 0.6) is 0 Å². The summed E-state index contributed by atoms with van der Waals surface area (Å²) in [5, 5.41) is 2.49. The van der Waals surface area contributed by atoms with Gasteiger partial charge in [-0.3, -0.25) is 9.69 Å². The minimum Gasteiger partial charge on any atom is -0.465 e. The lowest BCUT2D eigenvalue weighted by Gasteiger charge is -2.12. The Labute approximate surface area is 183 Å². The van der Waals surface area contributed by atoms with Gasteiger partial charge in [0.15, 0.2) is 0 Å². The number of halogens is 1. The summed E-state index contributed by atoms with van der Waals surface area (Å²) in [6.07, 6.45) is 1.41. The van der Waals surface area contributed by atoms with Gasteiger partial charge < -0.3 is 14.5 Å². The second-order valence-corrected chi connectivity index (χ2v) is 7.14.